The summed E-state index contributed by atoms with van der Waals surface area (Å²) in [4.78, 5) is 11.4. The van der Waals surface area contributed by atoms with Gasteiger partial charge >= 0.3 is 5.97 Å². The van der Waals surface area contributed by atoms with Crippen LogP contribution < -0.4 is 0 Å². The van der Waals surface area contributed by atoms with Gasteiger partial charge in [-0.15, -0.1) is 0 Å². The number of benzene rings is 1. The third kappa shape index (κ3) is 3.15. The Bertz CT molecular complexity index is 604. The fourth-order valence-corrected chi connectivity index (χ4v) is 2.43. The van der Waals surface area contributed by atoms with E-state index in [-0.39, 0.29) is 5.56 Å². The average Bonchev–Trinajstić information content (AvgIpc) is 2.71. The molecule has 4 nitrogen and oxygen atoms in total. The first-order chi connectivity index (χ1) is 8.99. The Kier molecular flexibility index (Phi) is 4.24. The second-order valence-electron chi connectivity index (χ2n) is 4.74. The van der Waals surface area contributed by atoms with Gasteiger partial charge in [0.15, 0.2) is 5.76 Å². The van der Waals surface area contributed by atoms with Crippen LogP contribution in [-0.2, 0) is 6.42 Å². The first-order valence-electron chi connectivity index (χ1n) is 5.96. The summed E-state index contributed by atoms with van der Waals surface area (Å²) in [5.41, 5.74) is 1.35. The third-order valence-corrected chi connectivity index (χ3v) is 3.34. The van der Waals surface area contributed by atoms with Crippen molar-refractivity contribution in [3.63, 3.8) is 0 Å². The average molecular weight is 371 g/mol. The van der Waals surface area contributed by atoms with Crippen molar-refractivity contribution < 1.29 is 14.4 Å². The Hall–Kier alpha value is -1.37. The van der Waals surface area contributed by atoms with Crippen LogP contribution in [0.1, 0.15) is 30.0 Å². The lowest BCUT2D eigenvalue weighted by Gasteiger charge is -2.02. The number of nitrogens with zero attached hydrogens (tertiary/aromatic N) is 1. The van der Waals surface area contributed by atoms with E-state index in [0.717, 1.165) is 9.13 Å². The molecule has 2 rings (SSSR count). The molecule has 0 amide bonds. The van der Waals surface area contributed by atoms with Crippen LogP contribution >= 0.6 is 22.6 Å². The standard InChI is InChI=1S/C14H14INO3/c1-8(2)6-11-12(14(17)18)13(16-19-11)9-4-3-5-10(15)7-9/h3-5,7-8H,6H2,1-2H3,(H,17,18). The van der Waals surface area contributed by atoms with E-state index in [2.05, 4.69) is 27.7 Å². The van der Waals surface area contributed by atoms with E-state index < -0.39 is 5.97 Å². The Labute approximate surface area is 124 Å². The van der Waals surface area contributed by atoms with Crippen molar-refractivity contribution in [2.24, 2.45) is 5.92 Å². The van der Waals surface area contributed by atoms with Gasteiger partial charge in [0, 0.05) is 15.6 Å². The van der Waals surface area contributed by atoms with Crippen LogP contribution in [0.5, 0.6) is 0 Å². The van der Waals surface area contributed by atoms with Gasteiger partial charge < -0.3 is 9.63 Å². The number of aromatic carboxylic acids is 1. The molecule has 0 unspecified atom stereocenters. The number of aromatic nitrogens is 1. The molecule has 2 aromatic rings. The van der Waals surface area contributed by atoms with Gasteiger partial charge in [0.2, 0.25) is 0 Å². The summed E-state index contributed by atoms with van der Waals surface area (Å²) in [7, 11) is 0. The summed E-state index contributed by atoms with van der Waals surface area (Å²) in [5.74, 6) is -0.239. The maximum Gasteiger partial charge on any atom is 0.341 e. The maximum atomic E-state index is 11.4. The number of rotatable bonds is 4. The van der Waals surface area contributed by atoms with Crippen LogP contribution in [0.25, 0.3) is 11.3 Å². The zero-order valence-corrected chi connectivity index (χ0v) is 12.8. The highest BCUT2D eigenvalue weighted by Gasteiger charge is 2.23. The lowest BCUT2D eigenvalue weighted by atomic mass is 10.0. The van der Waals surface area contributed by atoms with E-state index in [0.29, 0.717) is 23.8 Å². The van der Waals surface area contributed by atoms with E-state index in [1.807, 2.05) is 38.1 Å². The van der Waals surface area contributed by atoms with Crippen LogP contribution in [0.3, 0.4) is 0 Å². The first-order valence-corrected chi connectivity index (χ1v) is 7.04. The molecule has 0 saturated heterocycles. The quantitative estimate of drug-likeness (QED) is 0.830. The van der Waals surface area contributed by atoms with Gasteiger partial charge in [-0.1, -0.05) is 31.1 Å². The summed E-state index contributed by atoms with van der Waals surface area (Å²) >= 11 is 2.18. The van der Waals surface area contributed by atoms with E-state index in [9.17, 15) is 9.90 Å². The van der Waals surface area contributed by atoms with E-state index in [4.69, 9.17) is 4.52 Å². The molecule has 0 atom stereocenters. The molecule has 1 N–H and O–H groups in total. The fraction of sp³-hybridized carbons (Fsp3) is 0.286. The van der Waals surface area contributed by atoms with Crippen LogP contribution in [0.4, 0.5) is 0 Å². The lowest BCUT2D eigenvalue weighted by molar-refractivity contribution is 0.0695. The largest absolute Gasteiger partial charge is 0.477 e. The second kappa shape index (κ2) is 5.73. The third-order valence-electron chi connectivity index (χ3n) is 2.67. The Balaban J connectivity index is 2.52. The van der Waals surface area contributed by atoms with E-state index in [1.165, 1.54) is 0 Å². The molecule has 0 saturated carbocycles. The van der Waals surface area contributed by atoms with Crippen LogP contribution in [0.15, 0.2) is 28.8 Å². The predicted molar refractivity (Wildman–Crippen MR) is 80.2 cm³/mol. The number of halogens is 1. The molecule has 0 spiro atoms. The molecule has 0 aliphatic carbocycles. The van der Waals surface area contributed by atoms with Crippen molar-refractivity contribution in [1.82, 2.24) is 5.16 Å². The molecule has 0 bridgehead atoms. The van der Waals surface area contributed by atoms with Gasteiger partial charge in [-0.05, 0) is 40.6 Å². The topological polar surface area (TPSA) is 63.3 Å². The van der Waals surface area contributed by atoms with Crippen molar-refractivity contribution in [2.45, 2.75) is 20.3 Å². The zero-order valence-electron chi connectivity index (χ0n) is 10.7. The smallest absolute Gasteiger partial charge is 0.341 e. The van der Waals surface area contributed by atoms with Gasteiger partial charge in [-0.25, -0.2) is 4.79 Å². The highest BCUT2D eigenvalue weighted by Crippen LogP contribution is 2.28. The van der Waals surface area contributed by atoms with Crippen molar-refractivity contribution >= 4 is 28.6 Å². The van der Waals surface area contributed by atoms with Crippen molar-refractivity contribution in [1.29, 1.82) is 0 Å². The Morgan fingerprint density at radius 2 is 2.21 bits per heavy atom. The van der Waals surface area contributed by atoms with Crippen molar-refractivity contribution in [2.75, 3.05) is 0 Å². The van der Waals surface area contributed by atoms with Crippen LogP contribution in [-0.4, -0.2) is 16.2 Å². The summed E-state index contributed by atoms with van der Waals surface area (Å²) in [6.07, 6.45) is 0.568. The molecule has 100 valence electrons. The minimum atomic E-state index is -0.995. The summed E-state index contributed by atoms with van der Waals surface area (Å²) in [6, 6.07) is 7.55. The summed E-state index contributed by atoms with van der Waals surface area (Å²) < 4.78 is 6.26. The molecule has 1 heterocycles. The van der Waals surface area contributed by atoms with E-state index in [1.54, 1.807) is 0 Å². The number of hydrogen-bond donors (Lipinski definition) is 1. The maximum absolute atomic E-state index is 11.4. The summed E-state index contributed by atoms with van der Waals surface area (Å²) in [6.45, 7) is 4.03. The van der Waals surface area contributed by atoms with Gasteiger partial charge in [-0.2, -0.15) is 0 Å². The van der Waals surface area contributed by atoms with Gasteiger partial charge in [-0.3, -0.25) is 0 Å². The zero-order chi connectivity index (χ0) is 14.0. The monoisotopic (exact) mass is 371 g/mol. The predicted octanol–water partition coefficient (Wildman–Crippen LogP) is 3.84. The highest BCUT2D eigenvalue weighted by atomic mass is 127. The van der Waals surface area contributed by atoms with E-state index >= 15 is 0 Å². The molecular formula is C14H14INO3. The molecule has 5 heteroatoms. The van der Waals surface area contributed by atoms with Gasteiger partial charge in [0.05, 0.1) is 0 Å². The first kappa shape index (κ1) is 14.0. The normalized spacial score (nSPS) is 10.9. The number of carboxylic acids is 1. The van der Waals surface area contributed by atoms with Gasteiger partial charge in [0.25, 0.3) is 0 Å². The van der Waals surface area contributed by atoms with Crippen molar-refractivity contribution in [3.05, 3.63) is 39.2 Å². The molecule has 0 radical (unpaired) electrons. The minimum Gasteiger partial charge on any atom is -0.477 e. The molecule has 0 fully saturated rings. The minimum absolute atomic E-state index is 0.177. The van der Waals surface area contributed by atoms with Crippen molar-refractivity contribution in [3.8, 4) is 11.3 Å². The number of hydrogen-bond acceptors (Lipinski definition) is 3. The number of carbonyl (C=O) groups is 1. The molecule has 1 aromatic carbocycles. The summed E-state index contributed by atoms with van der Waals surface area (Å²) in [5, 5.41) is 13.3. The molecule has 1 aromatic heterocycles. The lowest BCUT2D eigenvalue weighted by Crippen LogP contribution is -2.04. The second-order valence-corrected chi connectivity index (χ2v) is 5.99. The Morgan fingerprint density at radius 1 is 1.47 bits per heavy atom. The molecular weight excluding hydrogens is 357 g/mol. The molecule has 0 aliphatic heterocycles. The fourth-order valence-electron chi connectivity index (χ4n) is 1.89. The van der Waals surface area contributed by atoms with Gasteiger partial charge in [0.1, 0.15) is 11.3 Å². The SMILES string of the molecule is CC(C)Cc1onc(-c2cccc(I)c2)c1C(=O)O. The van der Waals surface area contributed by atoms with Crippen LogP contribution in [0.2, 0.25) is 0 Å². The highest BCUT2D eigenvalue weighted by molar-refractivity contribution is 14.1. The molecule has 0 aliphatic rings. The Morgan fingerprint density at radius 3 is 2.79 bits per heavy atom. The molecule has 19 heavy (non-hydrogen) atoms. The number of carboxylic acid groups (broad SMARTS) is 1. The van der Waals surface area contributed by atoms with Crippen LogP contribution in [0, 0.1) is 9.49 Å².